The average molecular weight is 359 g/mol. The molecule has 1 saturated heterocycles. The first kappa shape index (κ1) is 16.4. The minimum absolute atomic E-state index is 0.222. The van der Waals surface area contributed by atoms with Crippen molar-refractivity contribution in [2.45, 2.75) is 38.3 Å². The van der Waals surface area contributed by atoms with Crippen LogP contribution in [-0.4, -0.2) is 46.4 Å². The molecule has 11 heteroatoms. The summed E-state index contributed by atoms with van der Waals surface area (Å²) in [6.07, 6.45) is 2.50. The van der Waals surface area contributed by atoms with Crippen molar-refractivity contribution in [3.63, 3.8) is 0 Å². The zero-order valence-electron chi connectivity index (χ0n) is 13.9. The fourth-order valence-corrected chi connectivity index (χ4v) is 3.08. The maximum Gasteiger partial charge on any atom is 0.330 e. The molecule has 0 aliphatic carbocycles. The summed E-state index contributed by atoms with van der Waals surface area (Å²) in [5.41, 5.74) is 6.15. The van der Waals surface area contributed by atoms with Crippen molar-refractivity contribution in [1.29, 1.82) is 0 Å². The molecular formula is C15H17N7O4. The number of ether oxygens (including phenoxy) is 1. The van der Waals surface area contributed by atoms with E-state index in [1.165, 1.54) is 17.1 Å². The molecule has 0 unspecified atom stereocenters. The Labute approximate surface area is 146 Å². The summed E-state index contributed by atoms with van der Waals surface area (Å²) in [6.45, 7) is 1.88. The smallest absolute Gasteiger partial charge is 0.330 e. The highest BCUT2D eigenvalue weighted by atomic mass is 16.5. The molecule has 3 aromatic rings. The van der Waals surface area contributed by atoms with Crippen LogP contribution >= 0.6 is 0 Å². The van der Waals surface area contributed by atoms with E-state index in [1.54, 1.807) is 17.8 Å². The van der Waals surface area contributed by atoms with E-state index in [1.807, 2.05) is 0 Å². The third kappa shape index (κ3) is 2.66. The van der Waals surface area contributed by atoms with Crippen LogP contribution in [-0.2, 0) is 11.3 Å². The number of nitrogen functional groups attached to an aromatic ring is 1. The zero-order valence-corrected chi connectivity index (χ0v) is 13.9. The highest BCUT2D eigenvalue weighted by Gasteiger charge is 2.36. The second-order valence-electron chi connectivity index (χ2n) is 6.24. The number of hydrogen-bond acceptors (Lipinski definition) is 8. The van der Waals surface area contributed by atoms with Gasteiger partial charge in [0.2, 0.25) is 0 Å². The molecule has 0 amide bonds. The van der Waals surface area contributed by atoms with Gasteiger partial charge in [-0.25, -0.2) is 19.7 Å². The molecule has 4 rings (SSSR count). The molecule has 3 atom stereocenters. The molecule has 0 aromatic carbocycles. The van der Waals surface area contributed by atoms with Gasteiger partial charge in [-0.2, -0.15) is 0 Å². The summed E-state index contributed by atoms with van der Waals surface area (Å²) in [6, 6.07) is 0. The molecule has 1 fully saturated rings. The number of fused-ring (bicyclic) bond motifs is 1. The largest absolute Gasteiger partial charge is 0.390 e. The molecule has 26 heavy (non-hydrogen) atoms. The van der Waals surface area contributed by atoms with Crippen LogP contribution in [0, 0.1) is 6.92 Å². The molecule has 4 heterocycles. The van der Waals surface area contributed by atoms with E-state index >= 15 is 0 Å². The average Bonchev–Trinajstić information content (AvgIpc) is 3.17. The fourth-order valence-electron chi connectivity index (χ4n) is 3.08. The molecule has 3 aromatic heterocycles. The molecular weight excluding hydrogens is 342 g/mol. The lowest BCUT2D eigenvalue weighted by atomic mass is 10.2. The zero-order chi connectivity index (χ0) is 18.4. The minimum atomic E-state index is -0.796. The molecule has 4 N–H and O–H groups in total. The van der Waals surface area contributed by atoms with Gasteiger partial charge in [0, 0.05) is 18.2 Å². The Bertz CT molecular complexity index is 1090. The summed E-state index contributed by atoms with van der Waals surface area (Å²) in [4.78, 5) is 38.0. The van der Waals surface area contributed by atoms with Gasteiger partial charge in [0.25, 0.3) is 5.56 Å². The predicted octanol–water partition coefficient (Wildman–Crippen LogP) is -1.08. The summed E-state index contributed by atoms with van der Waals surface area (Å²) in [7, 11) is 0. The number of nitrogens with two attached hydrogens (primary N) is 1. The van der Waals surface area contributed by atoms with Gasteiger partial charge in [0.05, 0.1) is 19.0 Å². The van der Waals surface area contributed by atoms with Gasteiger partial charge in [0.1, 0.15) is 24.2 Å². The van der Waals surface area contributed by atoms with Crippen molar-refractivity contribution in [2.75, 3.05) is 5.73 Å². The first-order valence-corrected chi connectivity index (χ1v) is 8.01. The van der Waals surface area contributed by atoms with Gasteiger partial charge in [0.15, 0.2) is 11.5 Å². The summed E-state index contributed by atoms with van der Waals surface area (Å²) >= 11 is 0. The third-order valence-electron chi connectivity index (χ3n) is 4.47. The van der Waals surface area contributed by atoms with Crippen LogP contribution in [0.1, 0.15) is 18.2 Å². The van der Waals surface area contributed by atoms with Crippen molar-refractivity contribution in [3.8, 4) is 0 Å². The molecule has 11 nitrogen and oxygen atoms in total. The van der Waals surface area contributed by atoms with Crippen molar-refractivity contribution in [3.05, 3.63) is 45.3 Å². The number of H-pyrrole nitrogens is 1. The van der Waals surface area contributed by atoms with Crippen molar-refractivity contribution in [2.24, 2.45) is 0 Å². The standard InChI is InChI=1S/C15H17N7O4/c1-7-3-22(15(25)20-14(7)24)10-2-8(23)9(26-10)4-21-6-19-11-12(16)17-5-18-13(11)21/h3,5-6,8-10,23H,2,4H2,1H3,(H2,16,17,18)(H,20,24,25)/t8-,9+,10+/m0/s1. The van der Waals surface area contributed by atoms with Crippen molar-refractivity contribution >= 4 is 17.0 Å². The van der Waals surface area contributed by atoms with E-state index in [2.05, 4.69) is 19.9 Å². The Kier molecular flexibility index (Phi) is 3.81. The van der Waals surface area contributed by atoms with Gasteiger partial charge in [-0.05, 0) is 6.92 Å². The number of hydrogen-bond donors (Lipinski definition) is 3. The van der Waals surface area contributed by atoms with E-state index in [0.717, 1.165) is 0 Å². The SMILES string of the molecule is Cc1cn([C@H]2C[C@H](O)[C@@H](Cn3cnc4c(N)ncnc43)O2)c(=O)[nH]c1=O. The fraction of sp³-hybridized carbons (Fsp3) is 0.400. The Morgan fingerprint density at radius 1 is 1.38 bits per heavy atom. The molecule has 0 radical (unpaired) electrons. The Morgan fingerprint density at radius 2 is 2.19 bits per heavy atom. The maximum absolute atomic E-state index is 12.0. The van der Waals surface area contributed by atoms with Crippen LogP contribution in [0.2, 0.25) is 0 Å². The van der Waals surface area contributed by atoms with E-state index < -0.39 is 29.7 Å². The number of nitrogens with zero attached hydrogens (tertiary/aromatic N) is 5. The number of aryl methyl sites for hydroxylation is 1. The van der Waals surface area contributed by atoms with E-state index in [0.29, 0.717) is 16.7 Å². The van der Waals surface area contributed by atoms with Crippen LogP contribution in [0.4, 0.5) is 5.82 Å². The first-order chi connectivity index (χ1) is 12.4. The lowest BCUT2D eigenvalue weighted by molar-refractivity contribution is -0.0280. The molecule has 1 aliphatic heterocycles. The van der Waals surface area contributed by atoms with E-state index in [-0.39, 0.29) is 18.8 Å². The minimum Gasteiger partial charge on any atom is -0.390 e. The Hall–Kier alpha value is -3.05. The number of nitrogens with one attached hydrogen (secondary N) is 1. The number of imidazole rings is 1. The highest BCUT2D eigenvalue weighted by Crippen LogP contribution is 2.29. The predicted molar refractivity (Wildman–Crippen MR) is 90.3 cm³/mol. The van der Waals surface area contributed by atoms with Crippen LogP contribution in [0.3, 0.4) is 0 Å². The normalized spacial score (nSPS) is 22.9. The van der Waals surface area contributed by atoms with Crippen LogP contribution in [0.25, 0.3) is 11.2 Å². The van der Waals surface area contributed by atoms with Gasteiger partial charge < -0.3 is 20.1 Å². The number of aliphatic hydroxyl groups is 1. The van der Waals surface area contributed by atoms with Crippen LogP contribution in [0.15, 0.2) is 28.4 Å². The molecule has 0 spiro atoms. The number of rotatable bonds is 3. The number of aromatic nitrogens is 6. The number of aliphatic hydroxyl groups excluding tert-OH is 1. The molecule has 1 aliphatic rings. The maximum atomic E-state index is 12.0. The molecule has 136 valence electrons. The van der Waals surface area contributed by atoms with E-state index in [9.17, 15) is 14.7 Å². The Balaban J connectivity index is 1.59. The van der Waals surface area contributed by atoms with Crippen LogP contribution in [0.5, 0.6) is 0 Å². The van der Waals surface area contributed by atoms with Crippen molar-refractivity contribution < 1.29 is 9.84 Å². The quantitative estimate of drug-likeness (QED) is 0.533. The topological polar surface area (TPSA) is 154 Å². The summed E-state index contributed by atoms with van der Waals surface area (Å²) in [5, 5.41) is 10.4. The second kappa shape index (κ2) is 6.04. The van der Waals surface area contributed by atoms with E-state index in [4.69, 9.17) is 10.5 Å². The van der Waals surface area contributed by atoms with Gasteiger partial charge in [-0.15, -0.1) is 0 Å². The molecule has 0 saturated carbocycles. The monoisotopic (exact) mass is 359 g/mol. The molecule has 0 bridgehead atoms. The lowest BCUT2D eigenvalue weighted by Gasteiger charge is -2.17. The van der Waals surface area contributed by atoms with Gasteiger partial charge in [-0.3, -0.25) is 14.3 Å². The van der Waals surface area contributed by atoms with Gasteiger partial charge >= 0.3 is 5.69 Å². The Morgan fingerprint density at radius 3 is 3.00 bits per heavy atom. The van der Waals surface area contributed by atoms with Crippen molar-refractivity contribution in [1.82, 2.24) is 29.1 Å². The van der Waals surface area contributed by atoms with Gasteiger partial charge in [-0.1, -0.05) is 0 Å². The second-order valence-corrected chi connectivity index (χ2v) is 6.24. The third-order valence-corrected chi connectivity index (χ3v) is 4.47. The number of aromatic amines is 1. The lowest BCUT2D eigenvalue weighted by Crippen LogP contribution is -2.33. The number of anilines is 1. The first-order valence-electron chi connectivity index (χ1n) is 8.01. The van der Waals surface area contributed by atoms with Crippen LogP contribution < -0.4 is 17.0 Å². The summed E-state index contributed by atoms with van der Waals surface area (Å²) < 4.78 is 8.85. The summed E-state index contributed by atoms with van der Waals surface area (Å²) in [5.74, 6) is 0.273. The highest BCUT2D eigenvalue weighted by molar-refractivity contribution is 5.81.